The van der Waals surface area contributed by atoms with Crippen LogP contribution in [0.1, 0.15) is 37.7 Å². The highest BCUT2D eigenvalue weighted by atomic mass is 16.5. The molecule has 1 amide bonds. The van der Waals surface area contributed by atoms with Crippen LogP contribution in [0, 0.1) is 0 Å². The zero-order valence-electron chi connectivity index (χ0n) is 16.8. The fourth-order valence-corrected chi connectivity index (χ4v) is 3.30. The molecule has 6 heteroatoms. The van der Waals surface area contributed by atoms with Crippen molar-refractivity contribution in [2.24, 2.45) is 0 Å². The second kappa shape index (κ2) is 11.5. The van der Waals surface area contributed by atoms with Crippen molar-refractivity contribution in [2.75, 3.05) is 47.5 Å². The molecule has 0 radical (unpaired) electrons. The van der Waals surface area contributed by atoms with E-state index in [9.17, 15) is 4.79 Å². The average Bonchev–Trinajstić information content (AvgIpc) is 2.97. The number of nitrogens with one attached hydrogen (secondary N) is 1. The van der Waals surface area contributed by atoms with Crippen molar-refractivity contribution in [3.8, 4) is 17.2 Å². The van der Waals surface area contributed by atoms with Crippen LogP contribution in [0.3, 0.4) is 0 Å². The first-order valence-electron chi connectivity index (χ1n) is 9.66. The lowest BCUT2D eigenvalue weighted by Crippen LogP contribution is -2.30. The molecule has 0 spiro atoms. The average molecular weight is 376 g/mol. The monoisotopic (exact) mass is 376 g/mol. The Labute approximate surface area is 162 Å². The summed E-state index contributed by atoms with van der Waals surface area (Å²) in [7, 11) is 4.71. The predicted molar refractivity (Wildman–Crippen MR) is 108 cm³/mol. The topological polar surface area (TPSA) is 60.0 Å². The molecule has 1 saturated heterocycles. The molecular formula is C21H32N2O4. The zero-order valence-corrected chi connectivity index (χ0v) is 16.8. The van der Waals surface area contributed by atoms with E-state index in [-0.39, 0.29) is 5.91 Å². The van der Waals surface area contributed by atoms with Gasteiger partial charge < -0.3 is 24.4 Å². The standard InChI is InChI=1S/C21H32N2O4/c1-25-18-15-17(16-19(26-2)21(18)27-3)9-10-20(24)22-11-8-14-23-12-6-4-5-7-13-23/h9-10,15-16H,4-8,11-14H2,1-3H3,(H,22,24)/b10-9+. The molecule has 0 atom stereocenters. The van der Waals surface area contributed by atoms with Crippen molar-refractivity contribution in [1.29, 1.82) is 0 Å². The fraction of sp³-hybridized carbons (Fsp3) is 0.571. The Morgan fingerprint density at radius 1 is 1.04 bits per heavy atom. The zero-order chi connectivity index (χ0) is 19.5. The minimum Gasteiger partial charge on any atom is -0.493 e. The number of benzene rings is 1. The second-order valence-corrected chi connectivity index (χ2v) is 6.69. The van der Waals surface area contributed by atoms with E-state index in [1.807, 2.05) is 12.1 Å². The van der Waals surface area contributed by atoms with Crippen LogP contribution >= 0.6 is 0 Å². The molecule has 1 aromatic rings. The molecule has 0 saturated carbocycles. The molecule has 0 bridgehead atoms. The Morgan fingerprint density at radius 2 is 1.67 bits per heavy atom. The number of rotatable bonds is 9. The van der Waals surface area contributed by atoms with Crippen LogP contribution in [0.2, 0.25) is 0 Å². The molecule has 1 aliphatic rings. The largest absolute Gasteiger partial charge is 0.493 e. The lowest BCUT2D eigenvalue weighted by atomic mass is 10.1. The number of ether oxygens (including phenoxy) is 3. The maximum atomic E-state index is 12.1. The first-order valence-corrected chi connectivity index (χ1v) is 9.66. The van der Waals surface area contributed by atoms with Crippen LogP contribution in [-0.4, -0.2) is 58.3 Å². The molecule has 27 heavy (non-hydrogen) atoms. The van der Waals surface area contributed by atoms with Gasteiger partial charge in [0.25, 0.3) is 0 Å². The third kappa shape index (κ3) is 6.79. The third-order valence-electron chi connectivity index (χ3n) is 4.76. The summed E-state index contributed by atoms with van der Waals surface area (Å²) in [6.45, 7) is 4.12. The van der Waals surface area contributed by atoms with Crippen LogP contribution in [0.5, 0.6) is 17.2 Å². The Morgan fingerprint density at radius 3 is 2.22 bits per heavy atom. The van der Waals surface area contributed by atoms with Crippen LogP contribution in [0.15, 0.2) is 18.2 Å². The molecule has 6 nitrogen and oxygen atoms in total. The molecule has 1 aromatic carbocycles. The van der Waals surface area contributed by atoms with E-state index >= 15 is 0 Å². The van der Waals surface area contributed by atoms with E-state index < -0.39 is 0 Å². The molecule has 0 aliphatic carbocycles. The van der Waals surface area contributed by atoms with Crippen LogP contribution in [0.25, 0.3) is 6.08 Å². The van der Waals surface area contributed by atoms with Gasteiger partial charge in [0.05, 0.1) is 21.3 Å². The maximum absolute atomic E-state index is 12.1. The molecule has 2 rings (SSSR count). The summed E-state index contributed by atoms with van der Waals surface area (Å²) < 4.78 is 16.0. The van der Waals surface area contributed by atoms with Crippen molar-refractivity contribution in [1.82, 2.24) is 10.2 Å². The summed E-state index contributed by atoms with van der Waals surface area (Å²) >= 11 is 0. The van der Waals surface area contributed by atoms with Gasteiger partial charge in [-0.3, -0.25) is 4.79 Å². The highest BCUT2D eigenvalue weighted by molar-refractivity contribution is 5.91. The van der Waals surface area contributed by atoms with Crippen molar-refractivity contribution < 1.29 is 19.0 Å². The summed E-state index contributed by atoms with van der Waals surface area (Å²) in [5, 5.41) is 2.95. The Kier molecular flexibility index (Phi) is 8.98. The van der Waals surface area contributed by atoms with E-state index in [1.165, 1.54) is 44.8 Å². The number of methoxy groups -OCH3 is 3. The minimum atomic E-state index is -0.0976. The quantitative estimate of drug-likeness (QED) is 0.530. The minimum absolute atomic E-state index is 0.0976. The SMILES string of the molecule is COc1cc(/C=C/C(=O)NCCCN2CCCCCC2)cc(OC)c1OC. The molecule has 1 fully saturated rings. The molecule has 1 heterocycles. The van der Waals surface area contributed by atoms with E-state index in [0.717, 1.165) is 18.5 Å². The van der Waals surface area contributed by atoms with E-state index in [0.29, 0.717) is 23.8 Å². The Balaban J connectivity index is 1.81. The van der Waals surface area contributed by atoms with Gasteiger partial charge in [-0.25, -0.2) is 0 Å². The number of hydrogen-bond donors (Lipinski definition) is 1. The molecule has 1 aliphatic heterocycles. The third-order valence-corrected chi connectivity index (χ3v) is 4.76. The molecule has 0 aromatic heterocycles. The van der Waals surface area contributed by atoms with Crippen molar-refractivity contribution >= 4 is 12.0 Å². The summed E-state index contributed by atoms with van der Waals surface area (Å²) in [5.74, 6) is 1.57. The summed E-state index contributed by atoms with van der Waals surface area (Å²) in [4.78, 5) is 14.6. The van der Waals surface area contributed by atoms with Crippen LogP contribution < -0.4 is 19.5 Å². The first kappa shape index (κ1) is 21.1. The fourth-order valence-electron chi connectivity index (χ4n) is 3.30. The molecule has 1 N–H and O–H groups in total. The molecular weight excluding hydrogens is 344 g/mol. The van der Waals surface area contributed by atoms with Gasteiger partial charge in [0.15, 0.2) is 11.5 Å². The highest BCUT2D eigenvalue weighted by Gasteiger charge is 2.12. The van der Waals surface area contributed by atoms with Gasteiger partial charge in [-0.2, -0.15) is 0 Å². The predicted octanol–water partition coefficient (Wildman–Crippen LogP) is 3.11. The van der Waals surface area contributed by atoms with Gasteiger partial charge in [0, 0.05) is 12.6 Å². The maximum Gasteiger partial charge on any atom is 0.243 e. The second-order valence-electron chi connectivity index (χ2n) is 6.69. The highest BCUT2D eigenvalue weighted by Crippen LogP contribution is 2.38. The lowest BCUT2D eigenvalue weighted by Gasteiger charge is -2.19. The van der Waals surface area contributed by atoms with Crippen LogP contribution in [0.4, 0.5) is 0 Å². The van der Waals surface area contributed by atoms with Gasteiger partial charge >= 0.3 is 0 Å². The normalized spacial score (nSPS) is 15.4. The number of likely N-dealkylation sites (tertiary alicyclic amines) is 1. The van der Waals surface area contributed by atoms with Gasteiger partial charge in [-0.05, 0) is 62.7 Å². The van der Waals surface area contributed by atoms with Gasteiger partial charge in [0.1, 0.15) is 0 Å². The Hall–Kier alpha value is -2.21. The van der Waals surface area contributed by atoms with Crippen molar-refractivity contribution in [3.05, 3.63) is 23.8 Å². The van der Waals surface area contributed by atoms with Crippen molar-refractivity contribution in [3.63, 3.8) is 0 Å². The smallest absolute Gasteiger partial charge is 0.243 e. The van der Waals surface area contributed by atoms with Gasteiger partial charge in [0.2, 0.25) is 11.7 Å². The van der Waals surface area contributed by atoms with Crippen LogP contribution in [-0.2, 0) is 4.79 Å². The summed E-state index contributed by atoms with van der Waals surface area (Å²) in [5.41, 5.74) is 0.809. The number of carbonyl (C=O) groups is 1. The first-order chi connectivity index (χ1) is 13.2. The summed E-state index contributed by atoms with van der Waals surface area (Å²) in [6.07, 6.45) is 9.54. The number of carbonyl (C=O) groups excluding carboxylic acids is 1. The van der Waals surface area contributed by atoms with Gasteiger partial charge in [-0.1, -0.05) is 12.8 Å². The van der Waals surface area contributed by atoms with Crippen molar-refractivity contribution in [2.45, 2.75) is 32.1 Å². The van der Waals surface area contributed by atoms with Gasteiger partial charge in [-0.15, -0.1) is 0 Å². The lowest BCUT2D eigenvalue weighted by molar-refractivity contribution is -0.116. The number of amides is 1. The number of hydrogen-bond acceptors (Lipinski definition) is 5. The van der Waals surface area contributed by atoms with E-state index in [2.05, 4.69) is 10.2 Å². The Bertz CT molecular complexity index is 598. The summed E-state index contributed by atoms with van der Waals surface area (Å²) in [6, 6.07) is 3.62. The van der Waals surface area contributed by atoms with E-state index in [4.69, 9.17) is 14.2 Å². The number of nitrogens with zero attached hydrogens (tertiary/aromatic N) is 1. The molecule has 150 valence electrons. The van der Waals surface area contributed by atoms with E-state index in [1.54, 1.807) is 27.4 Å². The molecule has 0 unspecified atom stereocenters.